The largest absolute Gasteiger partial charge is 0.457 e. The molecule has 2 fully saturated rings. The second kappa shape index (κ2) is 15.0. The Labute approximate surface area is 248 Å². The maximum absolute atomic E-state index is 14.9. The van der Waals surface area contributed by atoms with Gasteiger partial charge in [-0.05, 0) is 68.7 Å². The topological polar surface area (TPSA) is 91.8 Å². The van der Waals surface area contributed by atoms with Gasteiger partial charge in [-0.15, -0.1) is 0 Å². The highest BCUT2D eigenvalue weighted by atomic mass is 19.1. The summed E-state index contributed by atoms with van der Waals surface area (Å²) < 4.78 is 32.3. The van der Waals surface area contributed by atoms with Gasteiger partial charge < -0.3 is 34.0 Å². The number of cyclic esters (lactones) is 1. The Morgan fingerprint density at radius 3 is 2.50 bits per heavy atom. The minimum atomic E-state index is -0.875. The van der Waals surface area contributed by atoms with Gasteiger partial charge >= 0.3 is 12.1 Å². The van der Waals surface area contributed by atoms with Crippen molar-refractivity contribution in [1.82, 2.24) is 9.80 Å². The maximum atomic E-state index is 14.9. The zero-order valence-electron chi connectivity index (χ0n) is 25.3. The number of nitrogens with zero attached hydrogens (tertiary/aromatic N) is 3. The molecule has 3 heterocycles. The fourth-order valence-corrected chi connectivity index (χ4v) is 5.62. The molecule has 0 saturated carbocycles. The number of hydrogen-bond donors (Lipinski definition) is 1. The van der Waals surface area contributed by atoms with Crippen LogP contribution in [0.5, 0.6) is 0 Å². The van der Waals surface area contributed by atoms with Crippen LogP contribution in [-0.2, 0) is 19.0 Å². The second-order valence-electron chi connectivity index (χ2n) is 11.9. The molecule has 1 amide bonds. The molecule has 0 aromatic heterocycles. The summed E-state index contributed by atoms with van der Waals surface area (Å²) in [7, 11) is 2.03. The van der Waals surface area contributed by atoms with Crippen LogP contribution in [0.1, 0.15) is 45.6 Å². The first-order valence-corrected chi connectivity index (χ1v) is 15.1. The molecule has 0 unspecified atom stereocenters. The molecule has 232 valence electrons. The van der Waals surface area contributed by atoms with E-state index in [0.717, 1.165) is 31.9 Å². The smallest absolute Gasteiger partial charge is 0.410 e. The van der Waals surface area contributed by atoms with Gasteiger partial charge in [0.05, 0.1) is 25.7 Å². The van der Waals surface area contributed by atoms with Crippen LogP contribution in [-0.4, -0.2) is 105 Å². The first-order chi connectivity index (χ1) is 20.1. The van der Waals surface area contributed by atoms with Gasteiger partial charge in [0.25, 0.3) is 0 Å². The molecule has 5 atom stereocenters. The number of piperazine rings is 1. The molecule has 2 saturated heterocycles. The lowest BCUT2D eigenvalue weighted by Crippen LogP contribution is -2.48. The van der Waals surface area contributed by atoms with Gasteiger partial charge in [0, 0.05) is 56.4 Å². The Kier molecular flexibility index (Phi) is 11.4. The third kappa shape index (κ3) is 8.78. The van der Waals surface area contributed by atoms with Gasteiger partial charge in [0.1, 0.15) is 18.0 Å². The van der Waals surface area contributed by atoms with Crippen molar-refractivity contribution in [3.63, 3.8) is 0 Å². The van der Waals surface area contributed by atoms with Crippen LogP contribution in [0.3, 0.4) is 0 Å². The average Bonchev–Trinajstić information content (AvgIpc) is 2.97. The molecule has 10 heteroatoms. The third-order valence-corrected chi connectivity index (χ3v) is 8.44. The molecule has 0 bridgehead atoms. The van der Waals surface area contributed by atoms with Crippen molar-refractivity contribution >= 4 is 23.8 Å². The van der Waals surface area contributed by atoms with Crippen LogP contribution in [0.25, 0.3) is 6.08 Å². The number of aliphatic hydroxyl groups is 1. The normalized spacial score (nSPS) is 29.7. The summed E-state index contributed by atoms with van der Waals surface area (Å²) in [5.41, 5.74) is 1.98. The SMILES string of the molecule is C/C(=C\c1cc(N2CCOCC2)ccc1F)[C@H]1OC(=O)C[C@H](O)CC[C@H](C)[C@H](OC(=O)N2CCN(C)CC2)/C=C/[C@@H]1C. The van der Waals surface area contributed by atoms with Gasteiger partial charge in [-0.25, -0.2) is 9.18 Å². The number of benzene rings is 1. The van der Waals surface area contributed by atoms with Crippen LogP contribution < -0.4 is 4.90 Å². The van der Waals surface area contributed by atoms with E-state index in [4.69, 9.17) is 14.2 Å². The van der Waals surface area contributed by atoms with Crippen molar-refractivity contribution in [2.24, 2.45) is 11.8 Å². The van der Waals surface area contributed by atoms with Crippen LogP contribution in [0.15, 0.2) is 35.9 Å². The van der Waals surface area contributed by atoms with Gasteiger partial charge in [0.15, 0.2) is 0 Å². The van der Waals surface area contributed by atoms with Gasteiger partial charge in [0.2, 0.25) is 0 Å². The second-order valence-corrected chi connectivity index (χ2v) is 11.9. The van der Waals surface area contributed by atoms with Crippen molar-refractivity contribution in [3.8, 4) is 0 Å². The minimum Gasteiger partial charge on any atom is -0.457 e. The zero-order chi connectivity index (χ0) is 30.2. The van der Waals surface area contributed by atoms with Crippen LogP contribution >= 0.6 is 0 Å². The Morgan fingerprint density at radius 1 is 1.07 bits per heavy atom. The summed E-state index contributed by atoms with van der Waals surface area (Å²) in [4.78, 5) is 31.9. The predicted molar refractivity (Wildman–Crippen MR) is 160 cm³/mol. The lowest BCUT2D eigenvalue weighted by atomic mass is 9.91. The summed E-state index contributed by atoms with van der Waals surface area (Å²) in [6, 6.07) is 5.03. The predicted octanol–water partition coefficient (Wildman–Crippen LogP) is 4.10. The van der Waals surface area contributed by atoms with Crippen molar-refractivity contribution in [3.05, 3.63) is 47.3 Å². The first kappa shape index (κ1) is 32.0. The summed E-state index contributed by atoms with van der Waals surface area (Å²) in [5.74, 6) is -1.24. The highest BCUT2D eigenvalue weighted by molar-refractivity contribution is 5.71. The standard InChI is InChI=1S/C32H46FN3O6/c1-22-5-8-27(37)21-30(38)42-31(23(2)6-10-29(22)41-32(39)36-13-11-34(4)12-14-36)24(3)19-25-20-26(7-9-28(25)33)35-15-17-40-18-16-35/h6-7,9-10,19-20,22-23,27,29,31,37H,5,8,11-18,21H2,1-4H3/b10-6+,24-19+/t22-,23-,27+,29+,31-/m0/s1. The summed E-state index contributed by atoms with van der Waals surface area (Å²) in [6.07, 6.45) is 3.88. The Morgan fingerprint density at radius 2 is 1.79 bits per heavy atom. The number of carbonyl (C=O) groups is 2. The summed E-state index contributed by atoms with van der Waals surface area (Å²) >= 11 is 0. The van der Waals surface area contributed by atoms with Crippen molar-refractivity contribution in [2.45, 2.75) is 58.3 Å². The minimum absolute atomic E-state index is 0.0675. The molecular weight excluding hydrogens is 541 g/mol. The molecule has 1 N–H and O–H groups in total. The number of ether oxygens (including phenoxy) is 3. The molecular formula is C32H46FN3O6. The van der Waals surface area contributed by atoms with Crippen LogP contribution in [0, 0.1) is 17.7 Å². The Bertz CT molecular complexity index is 1130. The first-order valence-electron chi connectivity index (χ1n) is 15.1. The zero-order valence-corrected chi connectivity index (χ0v) is 25.3. The third-order valence-electron chi connectivity index (χ3n) is 8.44. The van der Waals surface area contributed by atoms with Crippen LogP contribution in [0.2, 0.25) is 0 Å². The number of amides is 1. The number of likely N-dealkylation sites (N-methyl/N-ethyl adjacent to an activating group) is 1. The average molecular weight is 588 g/mol. The van der Waals surface area contributed by atoms with Crippen LogP contribution in [0.4, 0.5) is 14.9 Å². The fraction of sp³-hybridized carbons (Fsp3) is 0.625. The number of halogens is 1. The molecule has 42 heavy (non-hydrogen) atoms. The molecule has 0 radical (unpaired) electrons. The van der Waals surface area contributed by atoms with E-state index in [2.05, 4.69) is 9.80 Å². The van der Waals surface area contributed by atoms with E-state index in [1.54, 1.807) is 23.1 Å². The van der Waals surface area contributed by atoms with E-state index in [1.807, 2.05) is 40.0 Å². The maximum Gasteiger partial charge on any atom is 0.410 e. The highest BCUT2D eigenvalue weighted by Gasteiger charge is 2.29. The highest BCUT2D eigenvalue weighted by Crippen LogP contribution is 2.28. The molecule has 0 spiro atoms. The number of morpholine rings is 1. The lowest BCUT2D eigenvalue weighted by Gasteiger charge is -2.33. The molecule has 9 nitrogen and oxygen atoms in total. The number of rotatable bonds is 4. The molecule has 0 aliphatic carbocycles. The number of anilines is 1. The number of carbonyl (C=O) groups excluding carboxylic acids is 2. The van der Waals surface area contributed by atoms with E-state index in [1.165, 1.54) is 6.07 Å². The fourth-order valence-electron chi connectivity index (χ4n) is 5.62. The Hall–Kier alpha value is -2.95. The summed E-state index contributed by atoms with van der Waals surface area (Å²) in [6.45, 7) is 11.2. The molecule has 1 aromatic carbocycles. The molecule has 4 rings (SSSR count). The van der Waals surface area contributed by atoms with Gasteiger partial charge in [-0.3, -0.25) is 4.79 Å². The van der Waals surface area contributed by atoms with Crippen molar-refractivity contribution in [1.29, 1.82) is 0 Å². The van der Waals surface area contributed by atoms with E-state index in [-0.39, 0.29) is 30.2 Å². The lowest BCUT2D eigenvalue weighted by molar-refractivity contribution is -0.151. The van der Waals surface area contributed by atoms with E-state index >= 15 is 0 Å². The monoisotopic (exact) mass is 587 g/mol. The quantitative estimate of drug-likeness (QED) is 0.416. The van der Waals surface area contributed by atoms with Gasteiger partial charge in [-0.2, -0.15) is 0 Å². The number of esters is 1. The van der Waals surface area contributed by atoms with Gasteiger partial charge in [-0.1, -0.05) is 19.9 Å². The number of hydrogen-bond acceptors (Lipinski definition) is 8. The van der Waals surface area contributed by atoms with Crippen molar-refractivity contribution < 1.29 is 33.3 Å². The van der Waals surface area contributed by atoms with E-state index in [0.29, 0.717) is 50.3 Å². The molecule has 1 aromatic rings. The summed E-state index contributed by atoms with van der Waals surface area (Å²) in [5, 5.41) is 10.6. The van der Waals surface area contributed by atoms with E-state index in [9.17, 15) is 19.1 Å². The van der Waals surface area contributed by atoms with E-state index < -0.39 is 24.3 Å². The molecule has 3 aliphatic heterocycles. The van der Waals surface area contributed by atoms with Crippen molar-refractivity contribution in [2.75, 3.05) is 64.4 Å². The molecule has 3 aliphatic rings. The Balaban J connectivity index is 1.56. The number of aliphatic hydroxyl groups excluding tert-OH is 1.